The van der Waals surface area contributed by atoms with Crippen molar-refractivity contribution >= 4 is 5.91 Å². The van der Waals surface area contributed by atoms with Gasteiger partial charge in [-0.05, 0) is 5.56 Å². The highest BCUT2D eigenvalue weighted by atomic mass is 16.3. The number of benzene rings is 1. The molecule has 0 aliphatic rings. The van der Waals surface area contributed by atoms with E-state index in [1.54, 1.807) is 0 Å². The molecule has 0 saturated heterocycles. The first-order valence-electron chi connectivity index (χ1n) is 4.84. The molecule has 80 valence electrons. The van der Waals surface area contributed by atoms with Crippen molar-refractivity contribution in [3.05, 3.63) is 48.6 Å². The van der Waals surface area contributed by atoms with Crippen molar-refractivity contribution in [1.29, 1.82) is 0 Å². The van der Waals surface area contributed by atoms with Crippen molar-refractivity contribution in [2.45, 2.75) is 12.5 Å². The first kappa shape index (κ1) is 11.5. The summed E-state index contributed by atoms with van der Waals surface area (Å²) < 4.78 is 0. The molecule has 0 aliphatic heterocycles. The molecule has 0 bridgehead atoms. The van der Waals surface area contributed by atoms with Gasteiger partial charge in [0.2, 0.25) is 5.91 Å². The van der Waals surface area contributed by atoms with Gasteiger partial charge in [0, 0.05) is 6.42 Å². The van der Waals surface area contributed by atoms with Gasteiger partial charge in [-0.15, -0.1) is 6.58 Å². The summed E-state index contributed by atoms with van der Waals surface area (Å²) >= 11 is 0. The molecule has 0 radical (unpaired) electrons. The van der Waals surface area contributed by atoms with Crippen LogP contribution in [-0.4, -0.2) is 17.6 Å². The van der Waals surface area contributed by atoms with Gasteiger partial charge in [0.1, 0.15) is 0 Å². The molecule has 1 aromatic rings. The quantitative estimate of drug-likeness (QED) is 0.714. The van der Waals surface area contributed by atoms with Gasteiger partial charge in [0.25, 0.3) is 0 Å². The molecule has 1 aromatic carbocycles. The van der Waals surface area contributed by atoms with E-state index < -0.39 is 0 Å². The summed E-state index contributed by atoms with van der Waals surface area (Å²) in [6.07, 6.45) is 1.80. The number of aliphatic hydroxyl groups excluding tert-OH is 1. The normalized spacial score (nSPS) is 11.8. The van der Waals surface area contributed by atoms with Gasteiger partial charge in [-0.3, -0.25) is 4.79 Å². The Hall–Kier alpha value is -1.61. The van der Waals surface area contributed by atoms with Crippen LogP contribution in [-0.2, 0) is 4.79 Å². The predicted octanol–water partition coefficient (Wildman–Crippen LogP) is 1.41. The van der Waals surface area contributed by atoms with Crippen LogP contribution in [0.4, 0.5) is 0 Å². The lowest BCUT2D eigenvalue weighted by atomic mass is 10.1. The molecule has 1 unspecified atom stereocenters. The van der Waals surface area contributed by atoms with Crippen molar-refractivity contribution in [2.24, 2.45) is 0 Å². The number of nitrogens with one attached hydrogen (secondary N) is 1. The Morgan fingerprint density at radius 2 is 2.13 bits per heavy atom. The highest BCUT2D eigenvalue weighted by Crippen LogP contribution is 2.11. The highest BCUT2D eigenvalue weighted by molar-refractivity contribution is 5.77. The first-order valence-corrected chi connectivity index (χ1v) is 4.84. The zero-order chi connectivity index (χ0) is 11.1. The van der Waals surface area contributed by atoms with E-state index in [1.165, 1.54) is 6.08 Å². The van der Waals surface area contributed by atoms with Crippen LogP contribution >= 0.6 is 0 Å². The molecule has 1 rings (SSSR count). The van der Waals surface area contributed by atoms with Gasteiger partial charge in [0.15, 0.2) is 0 Å². The van der Waals surface area contributed by atoms with Crippen LogP contribution in [0.3, 0.4) is 0 Å². The Bertz CT molecular complexity index is 322. The minimum Gasteiger partial charge on any atom is -0.394 e. The standard InChI is InChI=1S/C12H15NO2/c1-2-6-12(15)13-11(9-14)10-7-4-3-5-8-10/h2-5,7-8,11,14H,1,6,9H2,(H,13,15). The van der Waals surface area contributed by atoms with Gasteiger partial charge in [-0.1, -0.05) is 36.4 Å². The van der Waals surface area contributed by atoms with E-state index in [9.17, 15) is 4.79 Å². The van der Waals surface area contributed by atoms with Crippen molar-refractivity contribution in [3.63, 3.8) is 0 Å². The third-order valence-corrected chi connectivity index (χ3v) is 2.05. The van der Waals surface area contributed by atoms with E-state index >= 15 is 0 Å². The van der Waals surface area contributed by atoms with Crippen LogP contribution in [0.25, 0.3) is 0 Å². The van der Waals surface area contributed by atoms with E-state index in [0.29, 0.717) is 0 Å². The first-order chi connectivity index (χ1) is 7.27. The molecule has 2 N–H and O–H groups in total. The smallest absolute Gasteiger partial charge is 0.224 e. The van der Waals surface area contributed by atoms with E-state index in [1.807, 2.05) is 30.3 Å². The van der Waals surface area contributed by atoms with Gasteiger partial charge in [-0.25, -0.2) is 0 Å². The Labute approximate surface area is 89.4 Å². The summed E-state index contributed by atoms with van der Waals surface area (Å²) in [5.74, 6) is -0.132. The molecule has 0 fully saturated rings. The van der Waals surface area contributed by atoms with Gasteiger partial charge < -0.3 is 10.4 Å². The Morgan fingerprint density at radius 3 is 2.67 bits per heavy atom. The molecular weight excluding hydrogens is 190 g/mol. The maximum absolute atomic E-state index is 11.3. The van der Waals surface area contributed by atoms with E-state index in [-0.39, 0.29) is 25.0 Å². The molecule has 0 spiro atoms. The second-order valence-corrected chi connectivity index (χ2v) is 3.21. The topological polar surface area (TPSA) is 49.3 Å². The largest absolute Gasteiger partial charge is 0.394 e. The van der Waals surface area contributed by atoms with Crippen molar-refractivity contribution < 1.29 is 9.90 Å². The third-order valence-electron chi connectivity index (χ3n) is 2.05. The SMILES string of the molecule is C=CCC(=O)NC(CO)c1ccccc1. The van der Waals surface area contributed by atoms with Gasteiger partial charge in [0.05, 0.1) is 12.6 Å². The summed E-state index contributed by atoms with van der Waals surface area (Å²) in [6.45, 7) is 3.38. The zero-order valence-electron chi connectivity index (χ0n) is 8.52. The Kier molecular flexibility index (Phi) is 4.57. The molecule has 0 aromatic heterocycles. The monoisotopic (exact) mass is 205 g/mol. The maximum Gasteiger partial charge on any atom is 0.224 e. The van der Waals surface area contributed by atoms with Crippen molar-refractivity contribution in [3.8, 4) is 0 Å². The molecular formula is C12H15NO2. The molecule has 0 saturated carbocycles. The summed E-state index contributed by atoms with van der Waals surface area (Å²) in [6, 6.07) is 9.04. The molecule has 0 aliphatic carbocycles. The van der Waals surface area contributed by atoms with Crippen LogP contribution in [0.2, 0.25) is 0 Å². The second kappa shape index (κ2) is 5.98. The number of hydrogen-bond donors (Lipinski definition) is 2. The maximum atomic E-state index is 11.3. The predicted molar refractivity (Wildman–Crippen MR) is 59.2 cm³/mol. The lowest BCUT2D eigenvalue weighted by Crippen LogP contribution is -2.30. The number of aliphatic hydroxyl groups is 1. The van der Waals surface area contributed by atoms with Crippen LogP contribution in [0, 0.1) is 0 Å². The van der Waals surface area contributed by atoms with Crippen LogP contribution in [0.15, 0.2) is 43.0 Å². The van der Waals surface area contributed by atoms with Crippen molar-refractivity contribution in [2.75, 3.05) is 6.61 Å². The van der Waals surface area contributed by atoms with Crippen molar-refractivity contribution in [1.82, 2.24) is 5.32 Å². The summed E-state index contributed by atoms with van der Waals surface area (Å²) in [5, 5.41) is 11.9. The average molecular weight is 205 g/mol. The Balaban J connectivity index is 2.64. The Morgan fingerprint density at radius 1 is 1.47 bits per heavy atom. The zero-order valence-corrected chi connectivity index (χ0v) is 8.52. The highest BCUT2D eigenvalue weighted by Gasteiger charge is 2.11. The summed E-state index contributed by atoms with van der Waals surface area (Å²) in [5.41, 5.74) is 0.900. The van der Waals surface area contributed by atoms with E-state index in [4.69, 9.17) is 5.11 Å². The van der Waals surface area contributed by atoms with Crippen LogP contribution < -0.4 is 5.32 Å². The fraction of sp³-hybridized carbons (Fsp3) is 0.250. The lowest BCUT2D eigenvalue weighted by Gasteiger charge is -2.15. The average Bonchev–Trinajstić information content (AvgIpc) is 2.27. The van der Waals surface area contributed by atoms with Gasteiger partial charge >= 0.3 is 0 Å². The fourth-order valence-electron chi connectivity index (χ4n) is 1.30. The number of carbonyl (C=O) groups excluding carboxylic acids is 1. The summed E-state index contributed by atoms with van der Waals surface area (Å²) in [7, 11) is 0. The lowest BCUT2D eigenvalue weighted by molar-refractivity contribution is -0.121. The minimum atomic E-state index is -0.335. The van der Waals surface area contributed by atoms with Gasteiger partial charge in [-0.2, -0.15) is 0 Å². The van der Waals surface area contributed by atoms with Crippen LogP contribution in [0.1, 0.15) is 18.0 Å². The van der Waals surface area contributed by atoms with E-state index in [0.717, 1.165) is 5.56 Å². The summed E-state index contributed by atoms with van der Waals surface area (Å²) in [4.78, 5) is 11.3. The number of amides is 1. The molecule has 1 atom stereocenters. The minimum absolute atomic E-state index is 0.104. The second-order valence-electron chi connectivity index (χ2n) is 3.21. The fourth-order valence-corrected chi connectivity index (χ4v) is 1.30. The number of hydrogen-bond acceptors (Lipinski definition) is 2. The molecule has 3 nitrogen and oxygen atoms in total. The molecule has 15 heavy (non-hydrogen) atoms. The molecule has 3 heteroatoms. The molecule has 1 amide bonds. The molecule has 0 heterocycles. The van der Waals surface area contributed by atoms with E-state index in [2.05, 4.69) is 11.9 Å². The number of carbonyl (C=O) groups is 1. The third kappa shape index (κ3) is 3.56. The van der Waals surface area contributed by atoms with Crippen LogP contribution in [0.5, 0.6) is 0 Å². The number of rotatable bonds is 5.